The standard InChI is InChI=1S/C30H30O7/c1-30(2,33-3)29(32)37-22-35-27-19-15-25(16-20-27)24-13-17-26(18-14-24)34-21-36-28(31)12-8-7-11-23-9-5-4-6-10-23/h4-20H,21-22H2,1-3H3/b11-7+,12-8+. The lowest BCUT2D eigenvalue weighted by molar-refractivity contribution is -0.171. The molecule has 192 valence electrons. The van der Waals surface area contributed by atoms with E-state index in [1.54, 1.807) is 50.3 Å². The van der Waals surface area contributed by atoms with Crippen LogP contribution in [0.25, 0.3) is 17.2 Å². The zero-order valence-corrected chi connectivity index (χ0v) is 21.1. The lowest BCUT2D eigenvalue weighted by Gasteiger charge is -2.20. The molecule has 0 fully saturated rings. The summed E-state index contributed by atoms with van der Waals surface area (Å²) in [6, 6.07) is 24.5. The lowest BCUT2D eigenvalue weighted by Crippen LogP contribution is -2.36. The van der Waals surface area contributed by atoms with Crippen LogP contribution in [0.1, 0.15) is 19.4 Å². The van der Waals surface area contributed by atoms with Crippen molar-refractivity contribution >= 4 is 18.0 Å². The largest absolute Gasteiger partial charge is 0.457 e. The van der Waals surface area contributed by atoms with E-state index in [1.807, 2.05) is 60.7 Å². The van der Waals surface area contributed by atoms with E-state index in [0.717, 1.165) is 16.7 Å². The summed E-state index contributed by atoms with van der Waals surface area (Å²) in [5.74, 6) is 0.147. The first-order valence-electron chi connectivity index (χ1n) is 11.6. The Kier molecular flexibility index (Phi) is 10.0. The Balaban J connectivity index is 1.40. The van der Waals surface area contributed by atoms with Crippen LogP contribution in [0.3, 0.4) is 0 Å². The van der Waals surface area contributed by atoms with Crippen molar-refractivity contribution in [1.82, 2.24) is 0 Å². The average Bonchev–Trinajstić information content (AvgIpc) is 2.92. The van der Waals surface area contributed by atoms with Gasteiger partial charge in [0.15, 0.2) is 5.60 Å². The maximum absolute atomic E-state index is 11.9. The van der Waals surface area contributed by atoms with Gasteiger partial charge in [0.2, 0.25) is 13.6 Å². The molecular weight excluding hydrogens is 472 g/mol. The van der Waals surface area contributed by atoms with Crippen LogP contribution in [0.5, 0.6) is 11.5 Å². The summed E-state index contributed by atoms with van der Waals surface area (Å²) in [5.41, 5.74) is 1.96. The first-order valence-corrected chi connectivity index (χ1v) is 11.6. The van der Waals surface area contributed by atoms with E-state index >= 15 is 0 Å². The third-order valence-corrected chi connectivity index (χ3v) is 5.32. The highest BCUT2D eigenvalue weighted by atomic mass is 16.7. The van der Waals surface area contributed by atoms with Crippen molar-refractivity contribution in [2.75, 3.05) is 20.7 Å². The van der Waals surface area contributed by atoms with E-state index < -0.39 is 17.5 Å². The van der Waals surface area contributed by atoms with Gasteiger partial charge in [-0.25, -0.2) is 9.59 Å². The first kappa shape index (κ1) is 27.2. The highest BCUT2D eigenvalue weighted by Crippen LogP contribution is 2.25. The normalized spacial score (nSPS) is 11.4. The molecule has 0 radical (unpaired) electrons. The Morgan fingerprint density at radius 3 is 1.81 bits per heavy atom. The molecule has 0 amide bonds. The molecule has 7 nitrogen and oxygen atoms in total. The Morgan fingerprint density at radius 2 is 1.27 bits per heavy atom. The van der Waals surface area contributed by atoms with Crippen LogP contribution in [-0.4, -0.2) is 38.2 Å². The van der Waals surface area contributed by atoms with Crippen molar-refractivity contribution < 1.29 is 33.3 Å². The summed E-state index contributed by atoms with van der Waals surface area (Å²) in [5, 5.41) is 0. The molecule has 0 unspecified atom stereocenters. The van der Waals surface area contributed by atoms with Gasteiger partial charge < -0.3 is 23.7 Å². The Bertz CT molecular complexity index is 1190. The fraction of sp³-hybridized carbons (Fsp3) is 0.200. The fourth-order valence-corrected chi connectivity index (χ4v) is 2.96. The van der Waals surface area contributed by atoms with Crippen LogP contribution >= 0.6 is 0 Å². The molecule has 0 aliphatic carbocycles. The van der Waals surface area contributed by atoms with Crippen molar-refractivity contribution in [1.29, 1.82) is 0 Å². The van der Waals surface area contributed by atoms with Crippen LogP contribution in [0.4, 0.5) is 0 Å². The van der Waals surface area contributed by atoms with Crippen LogP contribution < -0.4 is 9.47 Å². The molecule has 3 aromatic rings. The van der Waals surface area contributed by atoms with Crippen LogP contribution in [0.15, 0.2) is 97.1 Å². The number of benzene rings is 3. The lowest BCUT2D eigenvalue weighted by atomic mass is 10.1. The minimum Gasteiger partial charge on any atom is -0.457 e. The van der Waals surface area contributed by atoms with Gasteiger partial charge in [-0.3, -0.25) is 0 Å². The molecule has 0 N–H and O–H groups in total. The minimum atomic E-state index is -1.03. The second-order valence-electron chi connectivity index (χ2n) is 8.31. The molecular formula is C30H30O7. The van der Waals surface area contributed by atoms with Gasteiger partial charge in [-0.1, -0.05) is 72.8 Å². The summed E-state index contributed by atoms with van der Waals surface area (Å²) >= 11 is 0. The van der Waals surface area contributed by atoms with E-state index in [2.05, 4.69) is 0 Å². The average molecular weight is 503 g/mol. The summed E-state index contributed by atoms with van der Waals surface area (Å²) in [6.07, 6.45) is 6.62. The molecule has 0 saturated carbocycles. The molecule has 0 saturated heterocycles. The zero-order chi connectivity index (χ0) is 26.5. The quantitative estimate of drug-likeness (QED) is 0.134. The van der Waals surface area contributed by atoms with Crippen LogP contribution in [0.2, 0.25) is 0 Å². The number of rotatable bonds is 12. The number of methoxy groups -OCH3 is 1. The molecule has 3 aromatic carbocycles. The van der Waals surface area contributed by atoms with E-state index in [-0.39, 0.29) is 13.6 Å². The number of ether oxygens (including phenoxy) is 5. The number of carbonyl (C=O) groups is 2. The number of hydrogen-bond acceptors (Lipinski definition) is 7. The van der Waals surface area contributed by atoms with E-state index in [4.69, 9.17) is 23.7 Å². The highest BCUT2D eigenvalue weighted by molar-refractivity contribution is 5.82. The molecule has 0 bridgehead atoms. The predicted molar refractivity (Wildman–Crippen MR) is 141 cm³/mol. The molecule has 0 aliphatic rings. The molecule has 37 heavy (non-hydrogen) atoms. The van der Waals surface area contributed by atoms with Crippen molar-refractivity contribution in [3.63, 3.8) is 0 Å². The number of esters is 2. The third kappa shape index (κ3) is 8.98. The molecule has 0 aliphatic heterocycles. The van der Waals surface area contributed by atoms with Gasteiger partial charge in [-0.15, -0.1) is 0 Å². The molecule has 0 aromatic heterocycles. The molecule has 0 spiro atoms. The monoisotopic (exact) mass is 502 g/mol. The maximum atomic E-state index is 11.9. The SMILES string of the molecule is COC(C)(C)C(=O)OCOc1ccc(-c2ccc(OCOC(=O)/C=C/C=C/c3ccccc3)cc2)cc1. The van der Waals surface area contributed by atoms with Gasteiger partial charge >= 0.3 is 11.9 Å². The van der Waals surface area contributed by atoms with Gasteiger partial charge in [-0.2, -0.15) is 0 Å². The summed E-state index contributed by atoms with van der Waals surface area (Å²) in [6.45, 7) is 2.85. The first-order chi connectivity index (χ1) is 17.9. The van der Waals surface area contributed by atoms with Gasteiger partial charge in [-0.05, 0) is 54.8 Å². The number of hydrogen-bond donors (Lipinski definition) is 0. The van der Waals surface area contributed by atoms with Crippen molar-refractivity contribution in [3.05, 3.63) is 103 Å². The second-order valence-corrected chi connectivity index (χ2v) is 8.31. The Hall–Kier alpha value is -4.36. The fourth-order valence-electron chi connectivity index (χ4n) is 2.96. The smallest absolute Gasteiger partial charge is 0.340 e. The predicted octanol–water partition coefficient (Wildman–Crippen LogP) is 5.81. The van der Waals surface area contributed by atoms with Crippen molar-refractivity contribution in [3.8, 4) is 22.6 Å². The minimum absolute atomic E-state index is 0.191. The molecule has 0 atom stereocenters. The maximum Gasteiger partial charge on any atom is 0.340 e. The van der Waals surface area contributed by atoms with E-state index in [9.17, 15) is 9.59 Å². The summed E-state index contributed by atoms with van der Waals surface area (Å²) < 4.78 is 26.2. The summed E-state index contributed by atoms with van der Waals surface area (Å²) in [7, 11) is 1.44. The van der Waals surface area contributed by atoms with Crippen LogP contribution in [-0.2, 0) is 23.8 Å². The molecule has 0 heterocycles. The van der Waals surface area contributed by atoms with Gasteiger partial charge in [0.25, 0.3) is 0 Å². The molecule has 3 rings (SSSR count). The molecule has 7 heteroatoms. The Morgan fingerprint density at radius 1 is 0.730 bits per heavy atom. The van der Waals surface area contributed by atoms with E-state index in [1.165, 1.54) is 13.2 Å². The van der Waals surface area contributed by atoms with Crippen molar-refractivity contribution in [2.45, 2.75) is 19.4 Å². The van der Waals surface area contributed by atoms with Gasteiger partial charge in [0, 0.05) is 13.2 Å². The Labute approximate surface area is 216 Å². The van der Waals surface area contributed by atoms with Crippen molar-refractivity contribution in [2.24, 2.45) is 0 Å². The number of carbonyl (C=O) groups excluding carboxylic acids is 2. The highest BCUT2D eigenvalue weighted by Gasteiger charge is 2.28. The number of allylic oxidation sites excluding steroid dienone is 2. The zero-order valence-electron chi connectivity index (χ0n) is 21.1. The second kappa shape index (κ2) is 13.7. The van der Waals surface area contributed by atoms with Gasteiger partial charge in [0.1, 0.15) is 11.5 Å². The van der Waals surface area contributed by atoms with Gasteiger partial charge in [0.05, 0.1) is 0 Å². The summed E-state index contributed by atoms with van der Waals surface area (Å²) in [4.78, 5) is 23.7. The topological polar surface area (TPSA) is 80.3 Å². The third-order valence-electron chi connectivity index (χ3n) is 5.32. The van der Waals surface area contributed by atoms with Crippen LogP contribution in [0, 0.1) is 0 Å². The van der Waals surface area contributed by atoms with E-state index in [0.29, 0.717) is 11.5 Å².